The number of nitrogens with one attached hydrogen (secondary N) is 5. The zero-order valence-electron chi connectivity index (χ0n) is 24.2. The van der Waals surface area contributed by atoms with Crippen molar-refractivity contribution in [3.05, 3.63) is 66.2 Å². The quantitative estimate of drug-likeness (QED) is 0.140. The third kappa shape index (κ3) is 9.07. The van der Waals surface area contributed by atoms with Crippen LogP contribution < -0.4 is 30.8 Å². The molecule has 0 aliphatic carbocycles. The van der Waals surface area contributed by atoms with E-state index in [2.05, 4.69) is 26.2 Å². The summed E-state index contributed by atoms with van der Waals surface area (Å²) >= 11 is 0. The average Bonchev–Trinajstić information content (AvgIpc) is 3.28. The number of carbonyl (C=O) groups excluding carboxylic acids is 3. The van der Waals surface area contributed by atoms with Crippen LogP contribution >= 0.6 is 0 Å². The minimum absolute atomic E-state index is 0.0256. The number of sulfonamides is 1. The maximum atomic E-state index is 13.2. The molecule has 0 atom stereocenters. The van der Waals surface area contributed by atoms with Crippen molar-refractivity contribution >= 4 is 44.8 Å². The van der Waals surface area contributed by atoms with Crippen LogP contribution in [0.5, 0.6) is 0 Å². The zero-order valence-corrected chi connectivity index (χ0v) is 25.0. The first-order chi connectivity index (χ1) is 19.1. The number of benzene rings is 2. The molecule has 0 aliphatic rings. The van der Waals surface area contributed by atoms with Gasteiger partial charge in [0, 0.05) is 17.9 Å². The number of imidazole rings is 1. The van der Waals surface area contributed by atoms with Crippen molar-refractivity contribution in [1.82, 2.24) is 15.3 Å². The molecular formula is C28H38N7O5S+. The Morgan fingerprint density at radius 1 is 0.951 bits per heavy atom. The van der Waals surface area contributed by atoms with E-state index in [4.69, 9.17) is 0 Å². The van der Waals surface area contributed by atoms with Gasteiger partial charge in [-0.05, 0) is 67.1 Å². The summed E-state index contributed by atoms with van der Waals surface area (Å²) in [4.78, 5) is 36.6. The molecule has 13 heteroatoms. The summed E-state index contributed by atoms with van der Waals surface area (Å²) in [5.41, 5.74) is 7.28. The van der Waals surface area contributed by atoms with Gasteiger partial charge < -0.3 is 10.6 Å². The lowest BCUT2D eigenvalue weighted by Crippen LogP contribution is -2.43. The number of aryl methyl sites for hydroxylation is 2. The van der Waals surface area contributed by atoms with Crippen LogP contribution in [0.15, 0.2) is 60.0 Å². The molecule has 1 aromatic heterocycles. The summed E-state index contributed by atoms with van der Waals surface area (Å²) in [5.74, 6) is -1.88. The van der Waals surface area contributed by atoms with Gasteiger partial charge in [0.1, 0.15) is 12.4 Å². The fourth-order valence-electron chi connectivity index (χ4n) is 3.90. The summed E-state index contributed by atoms with van der Waals surface area (Å²) in [7, 11) is -2.15. The Bertz CT molecular complexity index is 1520. The van der Waals surface area contributed by atoms with E-state index in [1.54, 1.807) is 49.1 Å². The highest BCUT2D eigenvalue weighted by Gasteiger charge is 2.22. The zero-order chi connectivity index (χ0) is 30.4. The van der Waals surface area contributed by atoms with Crippen LogP contribution in [0.2, 0.25) is 0 Å². The number of aromatic nitrogens is 2. The lowest BCUT2D eigenvalue weighted by molar-refractivity contribution is -0.671. The highest BCUT2D eigenvalue weighted by Crippen LogP contribution is 2.28. The van der Waals surface area contributed by atoms with E-state index in [9.17, 15) is 22.8 Å². The predicted octanol–water partition coefficient (Wildman–Crippen LogP) is 2.36. The molecule has 0 unspecified atom stereocenters. The number of anilines is 3. The monoisotopic (exact) mass is 584 g/mol. The SMILES string of the molecule is Cc1ccc(S(=O)(=O)Nc2ccc(NNC(=O)C(=O)NCCC(C)(C)C)cc2)c(C)c1NC(=O)Cn1cc[n+](C)c1. The summed E-state index contributed by atoms with van der Waals surface area (Å²) < 4.78 is 32.6. The summed E-state index contributed by atoms with van der Waals surface area (Å²) in [6, 6.07) is 9.25. The lowest BCUT2D eigenvalue weighted by atomic mass is 9.92. The van der Waals surface area contributed by atoms with Gasteiger partial charge in [-0.3, -0.25) is 30.0 Å². The van der Waals surface area contributed by atoms with Crippen LogP contribution in [0.1, 0.15) is 38.3 Å². The van der Waals surface area contributed by atoms with Crippen molar-refractivity contribution in [1.29, 1.82) is 0 Å². The molecule has 220 valence electrons. The van der Waals surface area contributed by atoms with E-state index in [0.717, 1.165) is 12.0 Å². The van der Waals surface area contributed by atoms with Gasteiger partial charge in [-0.15, -0.1) is 0 Å². The van der Waals surface area contributed by atoms with E-state index in [0.29, 0.717) is 23.5 Å². The van der Waals surface area contributed by atoms with Gasteiger partial charge in [0.05, 0.1) is 17.6 Å². The van der Waals surface area contributed by atoms with Crippen molar-refractivity contribution in [2.75, 3.05) is 22.0 Å². The molecule has 0 bridgehead atoms. The van der Waals surface area contributed by atoms with E-state index in [1.165, 1.54) is 18.2 Å². The van der Waals surface area contributed by atoms with E-state index >= 15 is 0 Å². The van der Waals surface area contributed by atoms with E-state index in [-0.39, 0.29) is 28.4 Å². The van der Waals surface area contributed by atoms with Gasteiger partial charge in [-0.25, -0.2) is 17.6 Å². The Labute approximate surface area is 240 Å². The van der Waals surface area contributed by atoms with Crippen LogP contribution in [0.25, 0.3) is 0 Å². The van der Waals surface area contributed by atoms with Crippen molar-refractivity contribution in [2.45, 2.75) is 52.5 Å². The highest BCUT2D eigenvalue weighted by molar-refractivity contribution is 7.92. The standard InChI is InChI=1S/C28H37N7O5S/c1-19-7-12-23(20(2)25(19)30-24(36)17-35-16-15-34(6)18-35)41(39,40)33-22-10-8-21(9-11-22)31-32-27(38)26(37)29-14-13-28(3,4)5/h7-12,15-16,18H,13-14,17H2,1-6H3,(H4-,29,30,31,32,33,36,37,38)/p+1. The number of hydrogen-bond donors (Lipinski definition) is 5. The Kier molecular flexibility index (Phi) is 9.76. The largest absolute Gasteiger partial charge is 0.348 e. The number of carbonyl (C=O) groups is 3. The smallest absolute Gasteiger partial charge is 0.327 e. The molecular weight excluding hydrogens is 546 g/mol. The summed E-state index contributed by atoms with van der Waals surface area (Å²) in [6.45, 7) is 10.0. The van der Waals surface area contributed by atoms with Gasteiger partial charge in [-0.2, -0.15) is 0 Å². The molecule has 5 N–H and O–H groups in total. The van der Waals surface area contributed by atoms with Crippen molar-refractivity contribution < 1.29 is 27.4 Å². The number of hydrogen-bond acceptors (Lipinski definition) is 6. The Hall–Kier alpha value is -4.39. The van der Waals surface area contributed by atoms with Gasteiger partial charge in [0.2, 0.25) is 6.33 Å². The van der Waals surface area contributed by atoms with Crippen molar-refractivity contribution in [3.63, 3.8) is 0 Å². The molecule has 0 fully saturated rings. The summed E-state index contributed by atoms with van der Waals surface area (Å²) in [6.07, 6.45) is 6.08. The Morgan fingerprint density at radius 3 is 2.22 bits per heavy atom. The maximum Gasteiger partial charge on any atom is 0.327 e. The van der Waals surface area contributed by atoms with Crippen molar-refractivity contribution in [2.24, 2.45) is 12.5 Å². The highest BCUT2D eigenvalue weighted by atomic mass is 32.2. The van der Waals surface area contributed by atoms with Gasteiger partial charge in [0.15, 0.2) is 6.54 Å². The fraction of sp³-hybridized carbons (Fsp3) is 0.357. The number of rotatable bonds is 10. The number of nitrogens with zero attached hydrogens (tertiary/aromatic N) is 2. The first kappa shape index (κ1) is 31.1. The molecule has 2 aromatic carbocycles. The predicted molar refractivity (Wildman–Crippen MR) is 156 cm³/mol. The Balaban J connectivity index is 1.61. The molecule has 1 heterocycles. The summed E-state index contributed by atoms with van der Waals surface area (Å²) in [5, 5.41) is 5.40. The average molecular weight is 585 g/mol. The van der Waals surface area contributed by atoms with Crippen molar-refractivity contribution in [3.8, 4) is 0 Å². The van der Waals surface area contributed by atoms with Crippen LogP contribution in [0.3, 0.4) is 0 Å². The van der Waals surface area contributed by atoms with Crippen LogP contribution in [-0.2, 0) is 38.0 Å². The molecule has 41 heavy (non-hydrogen) atoms. The second kappa shape index (κ2) is 12.9. The molecule has 0 radical (unpaired) electrons. The maximum absolute atomic E-state index is 13.2. The number of amides is 3. The second-order valence-corrected chi connectivity index (χ2v) is 12.7. The normalized spacial score (nSPS) is 11.5. The minimum Gasteiger partial charge on any atom is -0.348 e. The third-order valence-electron chi connectivity index (χ3n) is 6.15. The van der Waals surface area contributed by atoms with Gasteiger partial charge in [0.25, 0.3) is 15.9 Å². The molecule has 3 aromatic rings. The van der Waals surface area contributed by atoms with Gasteiger partial charge >= 0.3 is 11.8 Å². The van der Waals surface area contributed by atoms with E-state index < -0.39 is 21.8 Å². The lowest BCUT2D eigenvalue weighted by Gasteiger charge is -2.18. The van der Waals surface area contributed by atoms with E-state index in [1.807, 2.05) is 38.6 Å². The van der Waals surface area contributed by atoms with Crippen LogP contribution in [-0.4, -0.2) is 37.3 Å². The Morgan fingerprint density at radius 2 is 1.61 bits per heavy atom. The van der Waals surface area contributed by atoms with Gasteiger partial charge in [-0.1, -0.05) is 26.8 Å². The molecule has 3 rings (SSSR count). The molecule has 0 aliphatic heterocycles. The fourth-order valence-corrected chi connectivity index (χ4v) is 5.21. The molecule has 0 saturated heterocycles. The first-order valence-electron chi connectivity index (χ1n) is 13.0. The first-order valence-corrected chi connectivity index (χ1v) is 14.5. The van der Waals surface area contributed by atoms with Crippen LogP contribution in [0.4, 0.5) is 17.1 Å². The molecule has 0 spiro atoms. The molecule has 3 amide bonds. The van der Waals surface area contributed by atoms with Crippen LogP contribution in [0, 0.1) is 19.3 Å². The third-order valence-corrected chi connectivity index (χ3v) is 7.68. The second-order valence-electron chi connectivity index (χ2n) is 11.0. The molecule has 12 nitrogen and oxygen atoms in total. The number of hydrazine groups is 1. The topological polar surface area (TPSA) is 154 Å². The molecule has 0 saturated carbocycles. The minimum atomic E-state index is -4.00.